The maximum atomic E-state index is 12.8. The van der Waals surface area contributed by atoms with E-state index in [1.165, 1.54) is 22.3 Å². The zero-order chi connectivity index (χ0) is 26.2. The van der Waals surface area contributed by atoms with Crippen LogP contribution in [0.25, 0.3) is 0 Å². The first-order valence-electron chi connectivity index (χ1n) is 11.4. The molecule has 0 fully saturated rings. The molecule has 0 saturated heterocycles. The number of aryl methyl sites for hydroxylation is 1. The molecule has 0 aliphatic heterocycles. The molecule has 25 heavy (non-hydrogen) atoms. The van der Waals surface area contributed by atoms with E-state index in [2.05, 4.69) is 10.3 Å². The number of amides is 2. The quantitative estimate of drug-likeness (QED) is 0.695. The van der Waals surface area contributed by atoms with Gasteiger partial charge in [-0.3, -0.25) is 4.98 Å². The van der Waals surface area contributed by atoms with Crippen LogP contribution in [-0.4, -0.2) is 25.9 Å². The normalized spacial score (nSPS) is 18.5. The molecule has 7 nitrogen and oxygen atoms in total. The highest BCUT2D eigenvalue weighted by atomic mass is 32.2. The van der Waals surface area contributed by atoms with Gasteiger partial charge in [-0.2, -0.15) is 0 Å². The van der Waals surface area contributed by atoms with Crippen LogP contribution in [0.1, 0.15) is 37.5 Å². The van der Waals surface area contributed by atoms with Crippen molar-refractivity contribution in [1.29, 1.82) is 0 Å². The zero-order valence-electron chi connectivity index (χ0n) is 22.1. The maximum absolute atomic E-state index is 12.8. The summed E-state index contributed by atoms with van der Waals surface area (Å²) < 4.78 is 94.4. The number of anilines is 2. The first-order chi connectivity index (χ1) is 15.3. The monoisotopic (exact) mass is 371 g/mol. The van der Waals surface area contributed by atoms with Crippen molar-refractivity contribution in [3.8, 4) is 0 Å². The van der Waals surface area contributed by atoms with E-state index in [0.29, 0.717) is 5.69 Å². The number of pyridine rings is 1. The summed E-state index contributed by atoms with van der Waals surface area (Å²) in [4.78, 5) is 15.5. The van der Waals surface area contributed by atoms with Gasteiger partial charge < -0.3 is 10.6 Å². The molecule has 0 spiro atoms. The molecule has 2 amide bonds. The van der Waals surface area contributed by atoms with Gasteiger partial charge in [0.25, 0.3) is 10.0 Å². The maximum Gasteiger partial charge on any atom is 0.328 e. The number of carbonyl (C=O) groups excluding carboxylic acids is 1. The van der Waals surface area contributed by atoms with Crippen LogP contribution < -0.4 is 15.4 Å². The van der Waals surface area contributed by atoms with Crippen LogP contribution in [0.15, 0.2) is 47.6 Å². The van der Waals surface area contributed by atoms with Gasteiger partial charge in [-0.25, -0.2) is 17.9 Å². The molecule has 8 heteroatoms. The highest BCUT2D eigenvalue weighted by Gasteiger charge is 2.21. The number of rotatable bonds is 7. The summed E-state index contributed by atoms with van der Waals surface area (Å²) in [6, 6.07) is 6.51. The van der Waals surface area contributed by atoms with Gasteiger partial charge in [0, 0.05) is 36.9 Å². The molecule has 0 unspecified atom stereocenters. The fourth-order valence-electron chi connectivity index (χ4n) is 1.90. The molecule has 0 radical (unpaired) electrons. The summed E-state index contributed by atoms with van der Waals surface area (Å²) in [5.74, 6) is 0. The minimum Gasteiger partial charge on any atom is -0.354 e. The summed E-state index contributed by atoms with van der Waals surface area (Å²) >= 11 is 0. The molecule has 2 aromatic rings. The number of carbonyl (C=O) groups is 1. The van der Waals surface area contributed by atoms with Crippen molar-refractivity contribution in [2.24, 2.45) is 0 Å². The van der Waals surface area contributed by atoms with Gasteiger partial charge in [0.1, 0.15) is 4.90 Å². The largest absolute Gasteiger partial charge is 0.354 e. The van der Waals surface area contributed by atoms with Gasteiger partial charge in [0.05, 0.1) is 5.69 Å². The average Bonchev–Trinajstić information content (AvgIpc) is 2.66. The van der Waals surface area contributed by atoms with Gasteiger partial charge in [-0.15, -0.1) is 0 Å². The fourth-order valence-corrected chi connectivity index (χ4v) is 2.91. The lowest BCUT2D eigenvalue weighted by Crippen LogP contribution is -2.39. The number of hydrogen-bond donors (Lipinski definition) is 3. The van der Waals surface area contributed by atoms with E-state index in [0.717, 1.165) is 11.8 Å². The van der Waals surface area contributed by atoms with Crippen molar-refractivity contribution in [3.05, 3.63) is 48.3 Å². The molecule has 0 atom stereocenters. The van der Waals surface area contributed by atoms with Crippen molar-refractivity contribution in [1.82, 2.24) is 15.0 Å². The van der Waals surface area contributed by atoms with Crippen LogP contribution >= 0.6 is 0 Å². The van der Waals surface area contributed by atoms with Crippen molar-refractivity contribution >= 4 is 27.4 Å². The molecule has 3 N–H and O–H groups in total. The Kier molecular flexibility index (Phi) is 3.31. The summed E-state index contributed by atoms with van der Waals surface area (Å²) in [7, 11) is -4.68. The first-order valence-corrected chi connectivity index (χ1v) is 8.43. The number of urea groups is 1. The van der Waals surface area contributed by atoms with E-state index in [1.807, 2.05) is 13.0 Å². The Bertz CT molecular complexity index is 1170. The Hall–Kier alpha value is -2.61. The molecule has 0 aliphatic carbocycles. The SMILES string of the molecule is [2H]C([2H])([2H])C([2H])([2H])C([2H])([2H])C([2H])([2H])NC(=O)NS(=O)(=O)c1cnccc1Nc1cccc(C)c1. The second-order valence-corrected chi connectivity index (χ2v) is 6.45. The van der Waals surface area contributed by atoms with Crippen LogP contribution in [0.5, 0.6) is 0 Å². The number of nitrogens with zero attached hydrogens (tertiary/aromatic N) is 1. The minimum absolute atomic E-state index is 0.0259. The van der Waals surface area contributed by atoms with E-state index in [1.54, 1.807) is 18.2 Å². The van der Waals surface area contributed by atoms with E-state index in [-0.39, 0.29) is 5.69 Å². The Labute approximate surface area is 160 Å². The van der Waals surface area contributed by atoms with Gasteiger partial charge in [-0.1, -0.05) is 25.4 Å². The highest BCUT2D eigenvalue weighted by molar-refractivity contribution is 7.90. The van der Waals surface area contributed by atoms with Crippen molar-refractivity contribution in [3.63, 3.8) is 0 Å². The van der Waals surface area contributed by atoms with E-state index < -0.39 is 47.0 Å². The molecule has 0 aliphatic rings. The van der Waals surface area contributed by atoms with E-state index >= 15 is 0 Å². The molecule has 134 valence electrons. The average molecular weight is 372 g/mol. The fraction of sp³-hybridized carbons (Fsp3) is 0.294. The second kappa shape index (κ2) is 8.48. The summed E-state index contributed by atoms with van der Waals surface area (Å²) in [6.07, 6.45) is -5.29. The van der Waals surface area contributed by atoms with Gasteiger partial charge in [-0.05, 0) is 37.1 Å². The second-order valence-electron chi connectivity index (χ2n) is 4.80. The third-order valence-corrected chi connectivity index (χ3v) is 4.26. The Morgan fingerprint density at radius 2 is 2.20 bits per heavy atom. The van der Waals surface area contributed by atoms with E-state index in [9.17, 15) is 13.2 Å². The third-order valence-electron chi connectivity index (χ3n) is 2.90. The van der Waals surface area contributed by atoms with Crippen LogP contribution in [0.3, 0.4) is 0 Å². The third kappa shape index (κ3) is 5.46. The summed E-state index contributed by atoms with van der Waals surface area (Å²) in [5, 5.41) is 4.24. The number of aromatic nitrogens is 1. The molecular formula is C17H22N4O3S. The molecule has 1 heterocycles. The molecular weight excluding hydrogens is 340 g/mol. The predicted octanol–water partition coefficient (Wildman–Crippen LogP) is 2.92. The summed E-state index contributed by atoms with van der Waals surface area (Å²) in [6.45, 7) is -5.38. The number of benzene rings is 1. The van der Waals surface area contributed by atoms with Gasteiger partial charge >= 0.3 is 6.03 Å². The van der Waals surface area contributed by atoms with Crippen LogP contribution in [-0.2, 0) is 10.0 Å². The Morgan fingerprint density at radius 1 is 1.36 bits per heavy atom. The van der Waals surface area contributed by atoms with Crippen LogP contribution in [0, 0.1) is 6.92 Å². The minimum atomic E-state index is -4.68. The van der Waals surface area contributed by atoms with Crippen LogP contribution in [0.2, 0.25) is 0 Å². The van der Waals surface area contributed by atoms with Gasteiger partial charge in [0.2, 0.25) is 0 Å². The first kappa shape index (κ1) is 9.76. The Balaban J connectivity index is 2.28. The van der Waals surface area contributed by atoms with Crippen LogP contribution in [0.4, 0.5) is 16.2 Å². The van der Waals surface area contributed by atoms with Crippen molar-refractivity contribution in [2.75, 3.05) is 11.8 Å². The molecule has 1 aromatic heterocycles. The molecule has 2 rings (SSSR count). The van der Waals surface area contributed by atoms with Crippen molar-refractivity contribution in [2.45, 2.75) is 31.4 Å². The smallest absolute Gasteiger partial charge is 0.328 e. The lowest BCUT2D eigenvalue weighted by Gasteiger charge is -2.13. The highest BCUT2D eigenvalue weighted by Crippen LogP contribution is 2.24. The van der Waals surface area contributed by atoms with Crippen molar-refractivity contribution < 1.29 is 25.5 Å². The molecule has 1 aromatic carbocycles. The van der Waals surface area contributed by atoms with E-state index in [4.69, 9.17) is 12.3 Å². The topological polar surface area (TPSA) is 100 Å². The number of nitrogens with one attached hydrogen (secondary N) is 3. The molecule has 0 saturated carbocycles. The molecule has 0 bridgehead atoms. The summed E-state index contributed by atoms with van der Waals surface area (Å²) in [5.41, 5.74) is 1.44. The standard InChI is InChI=1S/C17H22N4O3S/c1-3-4-9-19-17(22)21-25(23,24)16-12-18-10-8-15(16)20-14-7-5-6-13(2)11-14/h5-8,10-12H,3-4,9H2,1-2H3,(H,18,20)(H2,19,21,22)/i1D3,3D2,4D2,9D2. The lowest BCUT2D eigenvalue weighted by atomic mass is 10.2. The predicted molar refractivity (Wildman–Crippen MR) is 97.3 cm³/mol. The Morgan fingerprint density at radius 3 is 2.96 bits per heavy atom. The number of hydrogen-bond acceptors (Lipinski definition) is 5. The number of sulfonamides is 1. The zero-order valence-corrected chi connectivity index (χ0v) is 13.9. The van der Waals surface area contributed by atoms with Gasteiger partial charge in [0.15, 0.2) is 0 Å². The lowest BCUT2D eigenvalue weighted by molar-refractivity contribution is 0.245.